The lowest BCUT2D eigenvalue weighted by Crippen LogP contribution is -2.13. The Balaban J connectivity index is 2.27. The van der Waals surface area contributed by atoms with Crippen molar-refractivity contribution in [3.05, 3.63) is 77.3 Å². The molecule has 0 saturated carbocycles. The molecular weight excluding hydrogens is 399 g/mol. The summed E-state index contributed by atoms with van der Waals surface area (Å²) in [5, 5.41) is 4.88. The molecule has 0 atom stereocenters. The second kappa shape index (κ2) is 6.99. The third kappa shape index (κ3) is 4.00. The number of hydrogen-bond acceptors (Lipinski definition) is 2. The van der Waals surface area contributed by atoms with E-state index in [1.807, 2.05) is 0 Å². The molecule has 0 heterocycles. The Labute approximate surface area is 159 Å². The maximum Gasteiger partial charge on any atom is 0.417 e. The molecule has 140 valence electrons. The maximum absolute atomic E-state index is 13.2. The fourth-order valence-electron chi connectivity index (χ4n) is 2.82. The van der Waals surface area contributed by atoms with Crippen molar-refractivity contribution in [3.8, 4) is 22.3 Å². The third-order valence-electron chi connectivity index (χ3n) is 3.99. The first-order valence-electron chi connectivity index (χ1n) is 7.67. The lowest BCUT2D eigenvalue weighted by atomic mass is 9.93. The Morgan fingerprint density at radius 2 is 1.37 bits per heavy atom. The minimum absolute atomic E-state index is 0.109. The van der Waals surface area contributed by atoms with Crippen molar-refractivity contribution >= 4 is 21.6 Å². The van der Waals surface area contributed by atoms with E-state index in [9.17, 15) is 21.6 Å². The molecule has 0 aromatic heterocycles. The minimum atomic E-state index is -4.61. The van der Waals surface area contributed by atoms with Crippen LogP contribution in [0.3, 0.4) is 0 Å². The zero-order chi connectivity index (χ0) is 19.8. The summed E-state index contributed by atoms with van der Waals surface area (Å²) < 4.78 is 63.5. The summed E-state index contributed by atoms with van der Waals surface area (Å²) >= 11 is 5.69. The Bertz CT molecular complexity index is 1110. The number of alkyl halides is 3. The summed E-state index contributed by atoms with van der Waals surface area (Å²) in [6, 6.07) is 16.2. The zero-order valence-electron chi connectivity index (χ0n) is 13.7. The number of sulfonamides is 1. The Kier molecular flexibility index (Phi) is 5.03. The highest BCUT2D eigenvalue weighted by molar-refractivity contribution is 7.89. The average Bonchev–Trinajstić information content (AvgIpc) is 2.60. The first-order chi connectivity index (χ1) is 12.6. The molecule has 0 fully saturated rings. The molecule has 0 spiro atoms. The normalized spacial score (nSPS) is 12.2. The molecule has 0 aliphatic heterocycles. The number of rotatable bonds is 3. The van der Waals surface area contributed by atoms with Crippen molar-refractivity contribution in [2.75, 3.05) is 0 Å². The molecule has 27 heavy (non-hydrogen) atoms. The van der Waals surface area contributed by atoms with Crippen LogP contribution in [0.1, 0.15) is 5.56 Å². The first kappa shape index (κ1) is 19.4. The van der Waals surface area contributed by atoms with Gasteiger partial charge < -0.3 is 0 Å². The van der Waals surface area contributed by atoms with E-state index in [4.69, 9.17) is 16.7 Å². The largest absolute Gasteiger partial charge is 0.417 e. The number of primary sulfonamides is 1. The van der Waals surface area contributed by atoms with Crippen LogP contribution < -0.4 is 5.14 Å². The van der Waals surface area contributed by atoms with Gasteiger partial charge in [-0.25, -0.2) is 13.6 Å². The molecule has 3 nitrogen and oxygen atoms in total. The van der Waals surface area contributed by atoms with Crippen LogP contribution in [0.5, 0.6) is 0 Å². The lowest BCUT2D eigenvalue weighted by Gasteiger charge is -2.15. The first-order valence-corrected chi connectivity index (χ1v) is 9.60. The van der Waals surface area contributed by atoms with Crippen LogP contribution in [-0.4, -0.2) is 8.42 Å². The number of hydrogen-bond donors (Lipinski definition) is 1. The van der Waals surface area contributed by atoms with Gasteiger partial charge in [0, 0.05) is 5.56 Å². The molecule has 0 aliphatic carbocycles. The zero-order valence-corrected chi connectivity index (χ0v) is 15.2. The quantitative estimate of drug-likeness (QED) is 0.632. The Morgan fingerprint density at radius 1 is 0.815 bits per heavy atom. The van der Waals surface area contributed by atoms with Crippen molar-refractivity contribution in [2.45, 2.75) is 11.1 Å². The van der Waals surface area contributed by atoms with Crippen molar-refractivity contribution in [2.24, 2.45) is 5.14 Å². The highest BCUT2D eigenvalue weighted by Gasteiger charge is 2.33. The van der Waals surface area contributed by atoms with E-state index in [0.717, 1.165) is 6.07 Å². The van der Waals surface area contributed by atoms with Crippen molar-refractivity contribution in [3.63, 3.8) is 0 Å². The van der Waals surface area contributed by atoms with Crippen LogP contribution >= 0.6 is 11.6 Å². The van der Waals surface area contributed by atoms with Crippen LogP contribution in [0.4, 0.5) is 13.2 Å². The van der Waals surface area contributed by atoms with Crippen LogP contribution in [0.2, 0.25) is 5.02 Å². The van der Waals surface area contributed by atoms with Gasteiger partial charge in [0.2, 0.25) is 10.0 Å². The molecule has 0 aliphatic rings. The summed E-state index contributed by atoms with van der Waals surface area (Å²) in [5.41, 5.74) is 0.468. The second-order valence-corrected chi connectivity index (χ2v) is 7.72. The van der Waals surface area contributed by atoms with Gasteiger partial charge in [0.1, 0.15) is 0 Å². The molecule has 3 aromatic rings. The Hall–Kier alpha value is -2.35. The van der Waals surface area contributed by atoms with Crippen LogP contribution in [0.15, 0.2) is 71.6 Å². The fourth-order valence-corrected chi connectivity index (χ4v) is 3.79. The highest BCUT2D eigenvalue weighted by Crippen LogP contribution is 2.40. The molecule has 8 heteroatoms. The van der Waals surface area contributed by atoms with Crippen LogP contribution in [0, 0.1) is 0 Å². The van der Waals surface area contributed by atoms with Gasteiger partial charge in [0.05, 0.1) is 15.5 Å². The van der Waals surface area contributed by atoms with Gasteiger partial charge in [0.25, 0.3) is 0 Å². The molecular formula is C19H13ClF3NO2S. The third-order valence-corrected chi connectivity index (χ3v) is 5.29. The van der Waals surface area contributed by atoms with Crippen molar-refractivity contribution in [1.82, 2.24) is 0 Å². The second-order valence-electron chi connectivity index (χ2n) is 5.78. The monoisotopic (exact) mass is 411 g/mol. The highest BCUT2D eigenvalue weighted by atomic mass is 35.5. The molecule has 0 unspecified atom stereocenters. The van der Waals surface area contributed by atoms with Gasteiger partial charge in [-0.2, -0.15) is 13.2 Å². The minimum Gasteiger partial charge on any atom is -0.225 e. The SMILES string of the molecule is NS(=O)(=O)c1ccccc1-c1ccccc1-c1ccc(Cl)c(C(F)(F)F)c1. The van der Waals surface area contributed by atoms with E-state index in [2.05, 4.69) is 0 Å². The molecule has 3 aromatic carbocycles. The van der Waals surface area contributed by atoms with Gasteiger partial charge in [0.15, 0.2) is 0 Å². The van der Waals surface area contributed by atoms with Gasteiger partial charge in [-0.05, 0) is 34.9 Å². The topological polar surface area (TPSA) is 60.2 Å². The predicted octanol–water partition coefficient (Wildman–Crippen LogP) is 5.34. The number of halogens is 4. The molecule has 2 N–H and O–H groups in total. The van der Waals surface area contributed by atoms with Gasteiger partial charge >= 0.3 is 6.18 Å². The smallest absolute Gasteiger partial charge is 0.225 e. The van der Waals surface area contributed by atoms with Gasteiger partial charge in [-0.1, -0.05) is 60.1 Å². The van der Waals surface area contributed by atoms with E-state index < -0.39 is 26.8 Å². The summed E-state index contributed by atoms with van der Waals surface area (Å²) in [5.74, 6) is 0. The van der Waals surface area contributed by atoms with E-state index >= 15 is 0 Å². The van der Waals surface area contributed by atoms with E-state index in [1.165, 1.54) is 24.3 Å². The Morgan fingerprint density at radius 3 is 1.96 bits per heavy atom. The summed E-state index contributed by atoms with van der Waals surface area (Å²) in [6.07, 6.45) is -4.61. The van der Waals surface area contributed by atoms with Crippen molar-refractivity contribution in [1.29, 1.82) is 0 Å². The van der Waals surface area contributed by atoms with Gasteiger partial charge in [-0.3, -0.25) is 0 Å². The van der Waals surface area contributed by atoms with Crippen molar-refractivity contribution < 1.29 is 21.6 Å². The summed E-state index contributed by atoms with van der Waals surface area (Å²) in [7, 11) is -4.02. The fraction of sp³-hybridized carbons (Fsp3) is 0.0526. The standard InChI is InChI=1S/C19H13ClF3NO2S/c20-17-10-9-12(11-16(17)19(21,22)23)13-5-1-2-6-14(13)15-7-3-4-8-18(15)27(24,25)26/h1-11H,(H2,24,25,26). The molecule has 0 radical (unpaired) electrons. The van der Waals surface area contributed by atoms with Gasteiger partial charge in [-0.15, -0.1) is 0 Å². The summed E-state index contributed by atoms with van der Waals surface area (Å²) in [4.78, 5) is -0.109. The number of benzene rings is 3. The number of nitrogens with two attached hydrogens (primary N) is 1. The molecule has 0 amide bonds. The van der Waals surface area contributed by atoms with E-state index in [0.29, 0.717) is 16.7 Å². The maximum atomic E-state index is 13.2. The lowest BCUT2D eigenvalue weighted by molar-refractivity contribution is -0.137. The van der Waals surface area contributed by atoms with Crippen LogP contribution in [-0.2, 0) is 16.2 Å². The summed E-state index contributed by atoms with van der Waals surface area (Å²) in [6.45, 7) is 0. The molecule has 3 rings (SSSR count). The predicted molar refractivity (Wildman–Crippen MR) is 98.7 cm³/mol. The van der Waals surface area contributed by atoms with E-state index in [1.54, 1.807) is 36.4 Å². The molecule has 0 saturated heterocycles. The van der Waals surface area contributed by atoms with Crippen LogP contribution in [0.25, 0.3) is 22.3 Å². The molecule has 0 bridgehead atoms. The van der Waals surface area contributed by atoms with E-state index in [-0.39, 0.29) is 10.5 Å². The average molecular weight is 412 g/mol.